The molecule has 39 heavy (non-hydrogen) atoms. The number of aromatic carboxylic acids is 1. The molecule has 5 atom stereocenters. The van der Waals surface area contributed by atoms with E-state index in [0.29, 0.717) is 23.8 Å². The fraction of sp³-hybridized carbons (Fsp3) is 0.583. The highest BCUT2D eigenvalue weighted by Crippen LogP contribution is 2.59. The lowest BCUT2D eigenvalue weighted by Gasteiger charge is -2.41. The Bertz CT molecular complexity index is 1120. The highest BCUT2D eigenvalue weighted by Gasteiger charge is 2.49. The summed E-state index contributed by atoms with van der Waals surface area (Å²) in [6, 6.07) is 16.3. The van der Waals surface area contributed by atoms with Crippen molar-refractivity contribution in [1.82, 2.24) is 0 Å². The van der Waals surface area contributed by atoms with Crippen molar-refractivity contribution in [2.75, 3.05) is 0 Å². The number of para-hydroxylation sites is 1. The number of carboxylic acid groups (broad SMARTS) is 1. The number of fused-ring (bicyclic) bond motifs is 8. The summed E-state index contributed by atoms with van der Waals surface area (Å²) in [5, 5.41) is 10.4. The van der Waals surface area contributed by atoms with Crippen LogP contribution in [0.2, 0.25) is 0 Å². The number of rotatable bonds is 8. The average Bonchev–Trinajstić information content (AvgIpc) is 3.23. The van der Waals surface area contributed by atoms with Gasteiger partial charge in [-0.3, -0.25) is 0 Å². The van der Waals surface area contributed by atoms with Crippen molar-refractivity contribution in [2.24, 2.45) is 23.2 Å². The van der Waals surface area contributed by atoms with Crippen LogP contribution in [0, 0.1) is 23.2 Å². The maximum Gasteiger partial charge on any atom is 0.335 e. The predicted molar refractivity (Wildman–Crippen MR) is 162 cm³/mol. The topological polar surface area (TPSA) is 46.5 Å². The van der Waals surface area contributed by atoms with Crippen molar-refractivity contribution < 1.29 is 14.6 Å². The van der Waals surface area contributed by atoms with Crippen molar-refractivity contribution in [3.63, 3.8) is 0 Å². The molecule has 212 valence electrons. The van der Waals surface area contributed by atoms with Gasteiger partial charge in [0.05, 0.1) is 5.56 Å². The molecule has 2 aromatic carbocycles. The fourth-order valence-corrected chi connectivity index (χ4v) is 7.62. The second-order valence-electron chi connectivity index (χ2n) is 13.2. The van der Waals surface area contributed by atoms with Crippen LogP contribution in [0.4, 0.5) is 0 Å². The maximum atomic E-state index is 12.6. The normalized spacial score (nSPS) is 27.8. The van der Waals surface area contributed by atoms with E-state index in [9.17, 15) is 9.90 Å². The molecule has 0 saturated heterocycles. The summed E-state index contributed by atoms with van der Waals surface area (Å²) < 4.78 is 6.42. The molecule has 1 N–H and O–H groups in total. The van der Waals surface area contributed by atoms with Gasteiger partial charge < -0.3 is 9.84 Å². The summed E-state index contributed by atoms with van der Waals surface area (Å²) in [7, 11) is 0. The quantitative estimate of drug-likeness (QED) is 0.345. The third-order valence-corrected chi connectivity index (χ3v) is 9.81. The molecule has 0 amide bonds. The van der Waals surface area contributed by atoms with E-state index in [0.717, 1.165) is 54.9 Å². The van der Waals surface area contributed by atoms with Crippen LogP contribution in [-0.2, 0) is 6.42 Å². The first kappa shape index (κ1) is 29.4. The molecular formula is C36H50O3. The summed E-state index contributed by atoms with van der Waals surface area (Å²) >= 11 is 0. The van der Waals surface area contributed by atoms with E-state index in [2.05, 4.69) is 52.8 Å². The van der Waals surface area contributed by atoms with Crippen LogP contribution in [0.5, 0.6) is 5.75 Å². The molecule has 0 heterocycles. The van der Waals surface area contributed by atoms with Crippen molar-refractivity contribution in [1.29, 1.82) is 0 Å². The molecule has 1 fully saturated rings. The van der Waals surface area contributed by atoms with Crippen LogP contribution < -0.4 is 4.74 Å². The Morgan fingerprint density at radius 2 is 1.82 bits per heavy atom. The van der Waals surface area contributed by atoms with Gasteiger partial charge in [0, 0.05) is 6.42 Å². The van der Waals surface area contributed by atoms with Gasteiger partial charge in [0.25, 0.3) is 0 Å². The molecule has 3 heteroatoms. The summed E-state index contributed by atoms with van der Waals surface area (Å²) in [5.74, 6) is 2.39. The van der Waals surface area contributed by atoms with Crippen molar-refractivity contribution in [3.8, 4) is 5.75 Å². The average molecular weight is 531 g/mol. The molecule has 1 saturated carbocycles. The van der Waals surface area contributed by atoms with Crippen LogP contribution in [0.1, 0.15) is 120 Å². The van der Waals surface area contributed by atoms with Crippen LogP contribution in [0.25, 0.3) is 0 Å². The van der Waals surface area contributed by atoms with Crippen LogP contribution in [-0.4, -0.2) is 17.2 Å². The maximum absolute atomic E-state index is 12.6. The molecule has 3 nitrogen and oxygen atoms in total. The smallest absolute Gasteiger partial charge is 0.335 e. The number of carboxylic acids is 1. The molecule has 2 bridgehead atoms. The molecule has 2 aromatic rings. The first-order chi connectivity index (χ1) is 18.7. The van der Waals surface area contributed by atoms with Gasteiger partial charge in [-0.1, -0.05) is 88.9 Å². The van der Waals surface area contributed by atoms with Gasteiger partial charge in [-0.2, -0.15) is 0 Å². The molecule has 0 aromatic heterocycles. The van der Waals surface area contributed by atoms with E-state index < -0.39 is 5.97 Å². The predicted octanol–water partition coefficient (Wildman–Crippen LogP) is 9.86. The zero-order chi connectivity index (χ0) is 28.0. The first-order valence-corrected chi connectivity index (χ1v) is 15.4. The third-order valence-electron chi connectivity index (χ3n) is 9.81. The molecule has 0 aliphatic heterocycles. The Kier molecular flexibility index (Phi) is 9.96. The minimum Gasteiger partial charge on any atom is -0.490 e. The lowest BCUT2D eigenvalue weighted by Crippen LogP contribution is -2.32. The molecule has 0 unspecified atom stereocenters. The fourth-order valence-electron chi connectivity index (χ4n) is 7.62. The Balaban J connectivity index is 1.66. The molecule has 3 aliphatic carbocycles. The van der Waals surface area contributed by atoms with Crippen LogP contribution >= 0.6 is 0 Å². The molecule has 5 rings (SSSR count). The van der Waals surface area contributed by atoms with E-state index in [4.69, 9.17) is 4.74 Å². The second-order valence-corrected chi connectivity index (χ2v) is 13.2. The number of hydrogen-bond donors (Lipinski definition) is 1. The highest BCUT2D eigenvalue weighted by atomic mass is 16.5. The van der Waals surface area contributed by atoms with Crippen molar-refractivity contribution >= 4 is 5.97 Å². The van der Waals surface area contributed by atoms with E-state index in [1.165, 1.54) is 31.3 Å². The van der Waals surface area contributed by atoms with Gasteiger partial charge >= 0.3 is 5.97 Å². The van der Waals surface area contributed by atoms with E-state index in [1.54, 1.807) is 0 Å². The second kappa shape index (κ2) is 13.2. The minimum atomic E-state index is -0.800. The van der Waals surface area contributed by atoms with E-state index >= 15 is 0 Å². The number of benzene rings is 2. The SMILES string of the molecule is C/C1=C/CC[C@]2(C)[C@@H]([C@H](C)CCCC(C)C)CC[C@H]2c2ccc(cc2C(=O)O)C[C@H](Oc2ccccc2)CC1. The standard InChI is InChI=1S/C36H50O3/c1-25(2)11-9-13-27(4)33-20-21-34-31-19-17-28(24-32(31)35(37)38)23-30(39-29-14-7-6-8-15-29)18-16-26(3)12-10-22-36(33,34)5/h6-8,12,14-15,17,19,24-25,27,30,33-34H,9-11,13,16,18,20-23H2,1-5H3,(H,37,38)/b26-12-/t27-,30-,33-,34+,36-/m1/s1. The van der Waals surface area contributed by atoms with Gasteiger partial charge in [0.15, 0.2) is 0 Å². The highest BCUT2D eigenvalue weighted by molar-refractivity contribution is 5.90. The van der Waals surface area contributed by atoms with Gasteiger partial charge in [0.2, 0.25) is 0 Å². The lowest BCUT2D eigenvalue weighted by molar-refractivity contribution is 0.0691. The van der Waals surface area contributed by atoms with Gasteiger partial charge in [-0.15, -0.1) is 0 Å². The largest absolute Gasteiger partial charge is 0.490 e. The first-order valence-electron chi connectivity index (χ1n) is 15.4. The Morgan fingerprint density at radius 1 is 1.05 bits per heavy atom. The molecule has 0 radical (unpaired) electrons. The summed E-state index contributed by atoms with van der Waals surface area (Å²) in [6.07, 6.45) is 13.4. The van der Waals surface area contributed by atoms with Gasteiger partial charge in [-0.05, 0) is 104 Å². The number of hydrogen-bond acceptors (Lipinski definition) is 2. The minimum absolute atomic E-state index is 0.000925. The molecular weight excluding hydrogens is 480 g/mol. The van der Waals surface area contributed by atoms with Crippen molar-refractivity contribution in [3.05, 3.63) is 76.9 Å². The van der Waals surface area contributed by atoms with Crippen LogP contribution in [0.15, 0.2) is 60.2 Å². The Hall–Kier alpha value is -2.55. The zero-order valence-electron chi connectivity index (χ0n) is 24.9. The molecule has 0 spiro atoms. The van der Waals surface area contributed by atoms with Gasteiger partial charge in [0.1, 0.15) is 11.9 Å². The summed E-state index contributed by atoms with van der Waals surface area (Å²) in [4.78, 5) is 12.6. The van der Waals surface area contributed by atoms with Crippen LogP contribution in [0.3, 0.4) is 0 Å². The number of carbonyl (C=O) groups is 1. The number of allylic oxidation sites excluding steroid dienone is 2. The van der Waals surface area contributed by atoms with Gasteiger partial charge in [-0.25, -0.2) is 4.79 Å². The summed E-state index contributed by atoms with van der Waals surface area (Å²) in [5.41, 5.74) is 4.13. The summed E-state index contributed by atoms with van der Waals surface area (Å²) in [6.45, 7) is 11.8. The zero-order valence-corrected chi connectivity index (χ0v) is 24.9. The Labute approximate surface area is 237 Å². The Morgan fingerprint density at radius 3 is 2.54 bits per heavy atom. The third kappa shape index (κ3) is 7.35. The van der Waals surface area contributed by atoms with E-state index in [-0.39, 0.29) is 17.4 Å². The number of ether oxygens (including phenoxy) is 1. The van der Waals surface area contributed by atoms with Crippen molar-refractivity contribution in [2.45, 2.75) is 111 Å². The molecule has 3 aliphatic rings. The van der Waals surface area contributed by atoms with E-state index in [1.807, 2.05) is 36.4 Å². The monoisotopic (exact) mass is 530 g/mol. The lowest BCUT2D eigenvalue weighted by atomic mass is 9.63.